The van der Waals surface area contributed by atoms with Gasteiger partial charge in [-0.3, -0.25) is 0 Å². The Morgan fingerprint density at radius 2 is 1.28 bits per heavy atom. The Labute approximate surface area is 226 Å². The minimum atomic E-state index is 0.292. The Hall–Kier alpha value is -4.88. The fourth-order valence-corrected chi connectivity index (χ4v) is 7.06. The molecular formula is C38H24O. The van der Waals surface area contributed by atoms with E-state index in [0.717, 1.165) is 23.5 Å². The summed E-state index contributed by atoms with van der Waals surface area (Å²) in [7, 11) is 0. The number of ether oxygens (including phenoxy) is 1. The molecule has 0 bridgehead atoms. The van der Waals surface area contributed by atoms with Crippen LogP contribution in [0.4, 0.5) is 0 Å². The Balaban J connectivity index is 1.36. The summed E-state index contributed by atoms with van der Waals surface area (Å²) in [6.07, 6.45) is 5.61. The van der Waals surface area contributed by atoms with Crippen LogP contribution < -0.4 is 4.74 Å². The first-order valence-electron chi connectivity index (χ1n) is 13.7. The molecule has 9 rings (SSSR count). The lowest BCUT2D eigenvalue weighted by atomic mass is 9.77. The van der Waals surface area contributed by atoms with Gasteiger partial charge in [-0.2, -0.15) is 0 Å². The molecule has 0 N–H and O–H groups in total. The zero-order valence-electron chi connectivity index (χ0n) is 21.3. The first-order valence-corrected chi connectivity index (χ1v) is 13.7. The van der Waals surface area contributed by atoms with Gasteiger partial charge in [0.05, 0.1) is 0 Å². The topological polar surface area (TPSA) is 9.23 Å². The lowest BCUT2D eigenvalue weighted by molar-refractivity contribution is 0.447. The van der Waals surface area contributed by atoms with E-state index in [1.54, 1.807) is 0 Å². The summed E-state index contributed by atoms with van der Waals surface area (Å²) in [5.74, 6) is 2.28. The predicted molar refractivity (Wildman–Crippen MR) is 164 cm³/mol. The van der Waals surface area contributed by atoms with Crippen molar-refractivity contribution in [2.45, 2.75) is 12.3 Å². The highest BCUT2D eigenvalue weighted by Gasteiger charge is 2.33. The monoisotopic (exact) mass is 496 g/mol. The van der Waals surface area contributed by atoms with E-state index in [0.29, 0.717) is 5.92 Å². The van der Waals surface area contributed by atoms with E-state index < -0.39 is 0 Å². The molecule has 1 aliphatic heterocycles. The fourth-order valence-electron chi connectivity index (χ4n) is 7.06. The molecule has 0 saturated carbocycles. The van der Waals surface area contributed by atoms with E-state index in [-0.39, 0.29) is 0 Å². The van der Waals surface area contributed by atoms with Crippen LogP contribution in [0.15, 0.2) is 121 Å². The van der Waals surface area contributed by atoms with Crippen LogP contribution in [0.3, 0.4) is 0 Å². The molecule has 0 spiro atoms. The SMILES string of the molecule is C1=Cc2c3c(cc4ccccc24)Oc2c(-c4cc5c6ccccc6ccc5c5ccccc45)cccc2C3C1. The number of fused-ring (bicyclic) bond motifs is 9. The van der Waals surface area contributed by atoms with Gasteiger partial charge in [0.1, 0.15) is 11.5 Å². The van der Waals surface area contributed by atoms with Crippen LogP contribution in [-0.2, 0) is 0 Å². The van der Waals surface area contributed by atoms with Crippen LogP contribution in [0.1, 0.15) is 29.0 Å². The number of para-hydroxylation sites is 1. The summed E-state index contributed by atoms with van der Waals surface area (Å²) >= 11 is 0. The molecule has 39 heavy (non-hydrogen) atoms. The fraction of sp³-hybridized carbons (Fsp3) is 0.0526. The molecule has 1 heteroatoms. The standard InChI is InChI=1S/C38H24O/c1-3-11-25-23(9-1)19-20-29-27-13-5-6-14-28(27)35(22-34(25)29)33-18-8-17-32-31-16-7-15-30-26-12-4-2-10-24(26)21-36(37(30)31)39-38(32)33/h1-15,17-22,31H,16H2. The molecule has 7 aromatic rings. The van der Waals surface area contributed by atoms with Gasteiger partial charge >= 0.3 is 0 Å². The second-order valence-electron chi connectivity index (χ2n) is 10.8. The highest BCUT2D eigenvalue weighted by molar-refractivity contribution is 6.21. The largest absolute Gasteiger partial charge is 0.456 e. The summed E-state index contributed by atoms with van der Waals surface area (Å²) in [6.45, 7) is 0. The van der Waals surface area contributed by atoms with Crippen LogP contribution in [0.25, 0.3) is 60.3 Å². The minimum Gasteiger partial charge on any atom is -0.456 e. The maximum absolute atomic E-state index is 6.93. The average Bonchev–Trinajstić information content (AvgIpc) is 3.00. The van der Waals surface area contributed by atoms with Gasteiger partial charge in [-0.1, -0.05) is 115 Å². The molecule has 182 valence electrons. The molecule has 1 heterocycles. The van der Waals surface area contributed by atoms with Gasteiger partial charge in [-0.15, -0.1) is 0 Å². The first-order chi connectivity index (χ1) is 19.3. The highest BCUT2D eigenvalue weighted by atomic mass is 16.5. The van der Waals surface area contributed by atoms with Crippen LogP contribution >= 0.6 is 0 Å². The molecule has 2 aliphatic rings. The minimum absolute atomic E-state index is 0.292. The molecule has 0 aromatic heterocycles. The Morgan fingerprint density at radius 1 is 0.538 bits per heavy atom. The number of hydrogen-bond acceptors (Lipinski definition) is 1. The predicted octanol–water partition coefficient (Wildman–Crippen LogP) is 10.6. The Bertz CT molecular complexity index is 2180. The van der Waals surface area contributed by atoms with E-state index in [1.807, 2.05) is 0 Å². The van der Waals surface area contributed by atoms with Crippen molar-refractivity contribution in [1.82, 2.24) is 0 Å². The van der Waals surface area contributed by atoms with Crippen molar-refractivity contribution in [3.05, 3.63) is 138 Å². The van der Waals surface area contributed by atoms with Crippen molar-refractivity contribution in [3.8, 4) is 22.6 Å². The molecule has 1 atom stereocenters. The average molecular weight is 497 g/mol. The highest BCUT2D eigenvalue weighted by Crippen LogP contribution is 2.54. The van der Waals surface area contributed by atoms with Crippen molar-refractivity contribution >= 4 is 49.2 Å². The van der Waals surface area contributed by atoms with E-state index in [9.17, 15) is 0 Å². The van der Waals surface area contributed by atoms with Gasteiger partial charge in [0, 0.05) is 22.6 Å². The molecule has 0 radical (unpaired) electrons. The third-order valence-corrected chi connectivity index (χ3v) is 8.79. The second-order valence-corrected chi connectivity index (χ2v) is 10.8. The third kappa shape index (κ3) is 2.90. The zero-order chi connectivity index (χ0) is 25.5. The van der Waals surface area contributed by atoms with Crippen molar-refractivity contribution in [2.75, 3.05) is 0 Å². The number of rotatable bonds is 1. The molecule has 7 aromatic carbocycles. The van der Waals surface area contributed by atoms with Gasteiger partial charge in [0.2, 0.25) is 0 Å². The lowest BCUT2D eigenvalue weighted by Crippen LogP contribution is -2.14. The molecule has 0 saturated heterocycles. The van der Waals surface area contributed by atoms with E-state index in [2.05, 4.69) is 127 Å². The molecule has 1 aliphatic carbocycles. The molecule has 0 fully saturated rings. The normalized spacial score (nSPS) is 15.4. The van der Waals surface area contributed by atoms with Crippen molar-refractivity contribution in [1.29, 1.82) is 0 Å². The second kappa shape index (κ2) is 7.82. The van der Waals surface area contributed by atoms with Crippen LogP contribution in [0.5, 0.6) is 11.5 Å². The number of hydrogen-bond donors (Lipinski definition) is 0. The van der Waals surface area contributed by atoms with Gasteiger partial charge < -0.3 is 4.74 Å². The number of benzene rings is 7. The maximum Gasteiger partial charge on any atom is 0.139 e. The van der Waals surface area contributed by atoms with E-state index in [1.165, 1.54) is 65.3 Å². The summed E-state index contributed by atoms with van der Waals surface area (Å²) in [5, 5.41) is 10.2. The zero-order valence-corrected chi connectivity index (χ0v) is 21.3. The summed E-state index contributed by atoms with van der Waals surface area (Å²) < 4.78 is 6.93. The van der Waals surface area contributed by atoms with Gasteiger partial charge in [0.15, 0.2) is 0 Å². The van der Waals surface area contributed by atoms with E-state index in [4.69, 9.17) is 4.74 Å². The summed E-state index contributed by atoms with van der Waals surface area (Å²) in [5.41, 5.74) is 6.30. The third-order valence-electron chi connectivity index (χ3n) is 8.79. The Kier molecular flexibility index (Phi) is 4.23. The number of allylic oxidation sites excluding steroid dienone is 1. The van der Waals surface area contributed by atoms with Crippen LogP contribution in [-0.4, -0.2) is 0 Å². The summed E-state index contributed by atoms with van der Waals surface area (Å²) in [6, 6.07) is 42.0. The van der Waals surface area contributed by atoms with Crippen molar-refractivity contribution < 1.29 is 4.74 Å². The smallest absolute Gasteiger partial charge is 0.139 e. The van der Waals surface area contributed by atoms with Crippen LogP contribution in [0.2, 0.25) is 0 Å². The van der Waals surface area contributed by atoms with E-state index >= 15 is 0 Å². The van der Waals surface area contributed by atoms with Crippen molar-refractivity contribution in [3.63, 3.8) is 0 Å². The maximum atomic E-state index is 6.93. The lowest BCUT2D eigenvalue weighted by Gasteiger charge is -2.33. The quantitative estimate of drug-likeness (QED) is 0.205. The molecular weight excluding hydrogens is 472 g/mol. The van der Waals surface area contributed by atoms with Gasteiger partial charge in [-0.05, 0) is 72.8 Å². The molecule has 0 amide bonds. The summed E-state index contributed by atoms with van der Waals surface area (Å²) in [4.78, 5) is 0. The van der Waals surface area contributed by atoms with Crippen molar-refractivity contribution in [2.24, 2.45) is 0 Å². The Morgan fingerprint density at radius 3 is 2.18 bits per heavy atom. The molecule has 1 unspecified atom stereocenters. The molecule has 1 nitrogen and oxygen atoms in total. The first kappa shape index (κ1) is 21.1. The van der Waals surface area contributed by atoms with Crippen LogP contribution in [0, 0.1) is 0 Å². The van der Waals surface area contributed by atoms with Gasteiger partial charge in [0.25, 0.3) is 0 Å². The van der Waals surface area contributed by atoms with Gasteiger partial charge in [-0.25, -0.2) is 0 Å².